The molecule has 0 aromatic heterocycles. The molecule has 1 aliphatic carbocycles. The van der Waals surface area contributed by atoms with E-state index in [2.05, 4.69) is 29.6 Å². The smallest absolute Gasteiger partial charge is 0.269 e. The molecule has 4 heteroatoms. The van der Waals surface area contributed by atoms with Crippen LogP contribution in [-0.4, -0.2) is 11.0 Å². The first-order chi connectivity index (χ1) is 9.74. The molecule has 2 atom stereocenters. The van der Waals surface area contributed by atoms with Crippen LogP contribution in [0.1, 0.15) is 23.5 Å². The number of nitro groups is 1. The van der Waals surface area contributed by atoms with Gasteiger partial charge in [-0.25, -0.2) is 0 Å². The van der Waals surface area contributed by atoms with Gasteiger partial charge in [-0.2, -0.15) is 0 Å². The summed E-state index contributed by atoms with van der Waals surface area (Å²) in [6.45, 7) is 0.676. The lowest BCUT2D eigenvalue weighted by molar-refractivity contribution is -0.384. The highest BCUT2D eigenvalue weighted by Crippen LogP contribution is 2.40. The molecule has 3 rings (SSSR count). The SMILES string of the molecule is O=[N+]([O-])c1cccc(CNC2CC2c2ccccc2)c1. The Bertz CT molecular complexity index is 613. The van der Waals surface area contributed by atoms with Gasteiger partial charge in [-0.15, -0.1) is 0 Å². The predicted octanol–water partition coefficient (Wildman–Crippen LogP) is 3.24. The minimum Gasteiger partial charge on any atom is -0.309 e. The van der Waals surface area contributed by atoms with Gasteiger partial charge >= 0.3 is 0 Å². The molecular formula is C16H16N2O2. The van der Waals surface area contributed by atoms with Gasteiger partial charge in [0.2, 0.25) is 0 Å². The number of nitrogens with zero attached hydrogens (tertiary/aromatic N) is 1. The summed E-state index contributed by atoms with van der Waals surface area (Å²) in [4.78, 5) is 10.4. The van der Waals surface area contributed by atoms with E-state index in [4.69, 9.17) is 0 Å². The molecule has 0 spiro atoms. The van der Waals surface area contributed by atoms with Crippen molar-refractivity contribution < 1.29 is 4.92 Å². The van der Waals surface area contributed by atoms with Gasteiger partial charge in [0, 0.05) is 30.6 Å². The molecule has 2 aromatic carbocycles. The van der Waals surface area contributed by atoms with Crippen molar-refractivity contribution >= 4 is 5.69 Å². The monoisotopic (exact) mass is 268 g/mol. The molecule has 20 heavy (non-hydrogen) atoms. The Balaban J connectivity index is 1.56. The first-order valence-electron chi connectivity index (χ1n) is 6.76. The summed E-state index contributed by atoms with van der Waals surface area (Å²) in [5, 5.41) is 14.2. The fourth-order valence-corrected chi connectivity index (χ4v) is 2.52. The molecule has 0 heterocycles. The third kappa shape index (κ3) is 2.86. The molecule has 2 unspecified atom stereocenters. The molecule has 0 saturated heterocycles. The van der Waals surface area contributed by atoms with Crippen LogP contribution < -0.4 is 5.32 Å². The van der Waals surface area contributed by atoms with E-state index in [0.717, 1.165) is 12.0 Å². The summed E-state index contributed by atoms with van der Waals surface area (Å²) in [6.07, 6.45) is 1.14. The lowest BCUT2D eigenvalue weighted by atomic mass is 10.1. The van der Waals surface area contributed by atoms with Crippen molar-refractivity contribution in [2.24, 2.45) is 0 Å². The summed E-state index contributed by atoms with van der Waals surface area (Å²) in [5.41, 5.74) is 2.47. The Morgan fingerprint density at radius 2 is 1.95 bits per heavy atom. The van der Waals surface area contributed by atoms with E-state index in [1.165, 1.54) is 11.6 Å². The topological polar surface area (TPSA) is 55.2 Å². The van der Waals surface area contributed by atoms with Crippen LogP contribution in [0.2, 0.25) is 0 Å². The van der Waals surface area contributed by atoms with Crippen LogP contribution >= 0.6 is 0 Å². The number of hydrogen-bond donors (Lipinski definition) is 1. The van der Waals surface area contributed by atoms with Gasteiger partial charge in [0.05, 0.1) is 4.92 Å². The van der Waals surface area contributed by atoms with Crippen LogP contribution in [0, 0.1) is 10.1 Å². The third-order valence-corrected chi connectivity index (χ3v) is 3.71. The number of nitro benzene ring substituents is 1. The minimum atomic E-state index is -0.354. The van der Waals surface area contributed by atoms with Crippen LogP contribution in [0.3, 0.4) is 0 Å². The van der Waals surface area contributed by atoms with Gasteiger partial charge in [0.1, 0.15) is 0 Å². The molecule has 1 N–H and O–H groups in total. The van der Waals surface area contributed by atoms with Gasteiger partial charge in [0.25, 0.3) is 5.69 Å². The predicted molar refractivity (Wildman–Crippen MR) is 77.5 cm³/mol. The van der Waals surface area contributed by atoms with Gasteiger partial charge in [-0.3, -0.25) is 10.1 Å². The van der Waals surface area contributed by atoms with Crippen molar-refractivity contribution in [1.82, 2.24) is 5.32 Å². The average molecular weight is 268 g/mol. The second kappa shape index (κ2) is 5.43. The first-order valence-corrected chi connectivity index (χ1v) is 6.76. The van der Waals surface area contributed by atoms with E-state index >= 15 is 0 Å². The van der Waals surface area contributed by atoms with E-state index in [9.17, 15) is 10.1 Å². The summed E-state index contributed by atoms with van der Waals surface area (Å²) in [6, 6.07) is 17.7. The van der Waals surface area contributed by atoms with Crippen LogP contribution in [0.15, 0.2) is 54.6 Å². The van der Waals surface area contributed by atoms with Gasteiger partial charge in [-0.05, 0) is 17.5 Å². The maximum absolute atomic E-state index is 10.7. The van der Waals surface area contributed by atoms with Crippen molar-refractivity contribution in [2.45, 2.75) is 24.9 Å². The van der Waals surface area contributed by atoms with Crippen LogP contribution in [0.4, 0.5) is 5.69 Å². The molecule has 1 aliphatic rings. The normalized spacial score (nSPS) is 20.6. The second-order valence-electron chi connectivity index (χ2n) is 5.17. The number of non-ortho nitro benzene ring substituents is 1. The van der Waals surface area contributed by atoms with Crippen molar-refractivity contribution in [2.75, 3.05) is 0 Å². The summed E-state index contributed by atoms with van der Waals surface area (Å²) in [5.74, 6) is 0.579. The van der Waals surface area contributed by atoms with E-state index in [-0.39, 0.29) is 10.6 Å². The maximum atomic E-state index is 10.7. The number of nitrogens with one attached hydrogen (secondary N) is 1. The lowest BCUT2D eigenvalue weighted by Gasteiger charge is -2.04. The fraction of sp³-hybridized carbons (Fsp3) is 0.250. The van der Waals surface area contributed by atoms with Crippen molar-refractivity contribution in [3.63, 3.8) is 0 Å². The quantitative estimate of drug-likeness (QED) is 0.669. The minimum absolute atomic E-state index is 0.153. The van der Waals surface area contributed by atoms with E-state index in [1.54, 1.807) is 12.1 Å². The van der Waals surface area contributed by atoms with Gasteiger partial charge in [0.15, 0.2) is 0 Å². The van der Waals surface area contributed by atoms with Crippen LogP contribution in [-0.2, 0) is 6.54 Å². The summed E-state index contributed by atoms with van der Waals surface area (Å²) in [7, 11) is 0. The maximum Gasteiger partial charge on any atom is 0.269 e. The molecule has 0 aliphatic heterocycles. The van der Waals surface area contributed by atoms with Crippen molar-refractivity contribution in [3.05, 3.63) is 75.8 Å². The number of benzene rings is 2. The standard InChI is InChI=1S/C16H16N2O2/c19-18(20)14-8-4-5-12(9-14)11-17-16-10-15(16)13-6-2-1-3-7-13/h1-9,15-17H,10-11H2. The second-order valence-corrected chi connectivity index (χ2v) is 5.17. The zero-order chi connectivity index (χ0) is 13.9. The molecule has 1 saturated carbocycles. The fourth-order valence-electron chi connectivity index (χ4n) is 2.52. The molecule has 4 nitrogen and oxygen atoms in total. The van der Waals surface area contributed by atoms with E-state index in [0.29, 0.717) is 18.5 Å². The highest BCUT2D eigenvalue weighted by Gasteiger charge is 2.37. The van der Waals surface area contributed by atoms with Crippen LogP contribution in [0.25, 0.3) is 0 Å². The molecule has 2 aromatic rings. The highest BCUT2D eigenvalue weighted by atomic mass is 16.6. The number of rotatable bonds is 5. The first kappa shape index (κ1) is 12.8. The third-order valence-electron chi connectivity index (χ3n) is 3.71. The molecule has 0 bridgehead atoms. The van der Waals surface area contributed by atoms with E-state index in [1.807, 2.05) is 12.1 Å². The Morgan fingerprint density at radius 3 is 2.70 bits per heavy atom. The van der Waals surface area contributed by atoms with E-state index < -0.39 is 0 Å². The Labute approximate surface area is 117 Å². The van der Waals surface area contributed by atoms with Crippen LogP contribution in [0.5, 0.6) is 0 Å². The molecule has 102 valence electrons. The zero-order valence-electron chi connectivity index (χ0n) is 11.0. The van der Waals surface area contributed by atoms with Crippen molar-refractivity contribution in [1.29, 1.82) is 0 Å². The molecule has 1 fully saturated rings. The highest BCUT2D eigenvalue weighted by molar-refractivity contribution is 5.34. The van der Waals surface area contributed by atoms with Gasteiger partial charge < -0.3 is 5.32 Å². The largest absolute Gasteiger partial charge is 0.309 e. The van der Waals surface area contributed by atoms with Gasteiger partial charge in [-0.1, -0.05) is 42.5 Å². The number of hydrogen-bond acceptors (Lipinski definition) is 3. The molecule has 0 radical (unpaired) electrons. The zero-order valence-corrected chi connectivity index (χ0v) is 11.0. The Kier molecular flexibility index (Phi) is 3.48. The average Bonchev–Trinajstić information content (AvgIpc) is 3.26. The Morgan fingerprint density at radius 1 is 1.15 bits per heavy atom. The van der Waals surface area contributed by atoms with Crippen molar-refractivity contribution in [3.8, 4) is 0 Å². The summed E-state index contributed by atoms with van der Waals surface area (Å²) >= 11 is 0. The molecule has 0 amide bonds. The summed E-state index contributed by atoms with van der Waals surface area (Å²) < 4.78 is 0. The lowest BCUT2D eigenvalue weighted by Crippen LogP contribution is -2.17. The molecular weight excluding hydrogens is 252 g/mol. The Hall–Kier alpha value is -2.20.